The molecule has 2 aromatic heterocycles. The summed E-state index contributed by atoms with van der Waals surface area (Å²) in [6, 6.07) is 4.02. The lowest BCUT2D eigenvalue weighted by Gasteiger charge is -2.27. The summed E-state index contributed by atoms with van der Waals surface area (Å²) in [4.78, 5) is 2.45. The fourth-order valence-electron chi connectivity index (χ4n) is 2.93. The molecule has 1 aromatic carbocycles. The van der Waals surface area contributed by atoms with Crippen LogP contribution in [0.5, 0.6) is 0 Å². The number of nitrogens with one attached hydrogen (secondary N) is 1. The van der Waals surface area contributed by atoms with E-state index in [2.05, 4.69) is 26.1 Å². The summed E-state index contributed by atoms with van der Waals surface area (Å²) in [5, 5.41) is 5.60. The molecule has 1 N–H and O–H groups in total. The normalized spacial score (nSPS) is 17.2. The van der Waals surface area contributed by atoms with Crippen molar-refractivity contribution in [1.29, 1.82) is 0 Å². The van der Waals surface area contributed by atoms with Crippen molar-refractivity contribution >= 4 is 37.9 Å². The van der Waals surface area contributed by atoms with Crippen molar-refractivity contribution in [2.45, 2.75) is 6.54 Å². The van der Waals surface area contributed by atoms with Gasteiger partial charge in [-0.2, -0.15) is 0 Å². The van der Waals surface area contributed by atoms with E-state index in [9.17, 15) is 0 Å². The quantitative estimate of drug-likeness (QED) is 0.780. The molecular weight excluding hydrogens is 320 g/mol. The van der Waals surface area contributed by atoms with E-state index >= 15 is 0 Å². The van der Waals surface area contributed by atoms with Crippen LogP contribution < -0.4 is 5.32 Å². The van der Waals surface area contributed by atoms with Crippen LogP contribution in [0.4, 0.5) is 0 Å². The molecule has 4 nitrogen and oxygen atoms in total. The van der Waals surface area contributed by atoms with Crippen LogP contribution in [0.2, 0.25) is 0 Å². The molecule has 1 fully saturated rings. The Morgan fingerprint density at radius 3 is 2.55 bits per heavy atom. The monoisotopic (exact) mass is 334 g/mol. The SMILES string of the molecule is Brc1c2ccoc2c(CN2CCNCC2)c2ccoc12. The first-order valence-electron chi connectivity index (χ1n) is 6.82. The number of piperazine rings is 1. The van der Waals surface area contributed by atoms with Gasteiger partial charge < -0.3 is 14.2 Å². The number of hydrogen-bond donors (Lipinski definition) is 1. The smallest absolute Gasteiger partial charge is 0.149 e. The third-order valence-electron chi connectivity index (χ3n) is 3.96. The van der Waals surface area contributed by atoms with Crippen molar-refractivity contribution < 1.29 is 8.83 Å². The molecule has 3 heterocycles. The van der Waals surface area contributed by atoms with Crippen LogP contribution in [-0.4, -0.2) is 31.1 Å². The lowest BCUT2D eigenvalue weighted by Crippen LogP contribution is -2.42. The maximum atomic E-state index is 5.73. The number of nitrogens with zero attached hydrogens (tertiary/aromatic N) is 1. The van der Waals surface area contributed by atoms with Crippen molar-refractivity contribution in [3.63, 3.8) is 0 Å². The van der Waals surface area contributed by atoms with Crippen LogP contribution in [-0.2, 0) is 6.54 Å². The van der Waals surface area contributed by atoms with Gasteiger partial charge in [0.05, 0.1) is 17.0 Å². The first-order valence-corrected chi connectivity index (χ1v) is 7.61. The van der Waals surface area contributed by atoms with Crippen LogP contribution in [0.1, 0.15) is 5.56 Å². The molecule has 0 radical (unpaired) electrons. The Morgan fingerprint density at radius 1 is 1.05 bits per heavy atom. The van der Waals surface area contributed by atoms with Crippen molar-refractivity contribution in [3.8, 4) is 0 Å². The number of fused-ring (bicyclic) bond motifs is 2. The van der Waals surface area contributed by atoms with E-state index in [-0.39, 0.29) is 0 Å². The first-order chi connectivity index (χ1) is 9.84. The molecule has 0 atom stereocenters. The van der Waals surface area contributed by atoms with Gasteiger partial charge in [-0.15, -0.1) is 0 Å². The molecular formula is C15H15BrN2O2. The third-order valence-corrected chi connectivity index (χ3v) is 4.74. The third kappa shape index (κ3) is 1.89. The summed E-state index contributed by atoms with van der Waals surface area (Å²) < 4.78 is 12.3. The molecule has 4 rings (SSSR count). The minimum Gasteiger partial charge on any atom is -0.464 e. The van der Waals surface area contributed by atoms with Gasteiger partial charge in [-0.05, 0) is 28.1 Å². The first kappa shape index (κ1) is 12.4. The highest BCUT2D eigenvalue weighted by molar-refractivity contribution is 9.10. The largest absolute Gasteiger partial charge is 0.464 e. The van der Waals surface area contributed by atoms with E-state index < -0.39 is 0 Å². The Bertz CT molecular complexity index is 704. The molecule has 1 aliphatic rings. The molecule has 0 aliphatic carbocycles. The maximum absolute atomic E-state index is 5.73. The molecule has 0 bridgehead atoms. The lowest BCUT2D eigenvalue weighted by atomic mass is 10.1. The van der Waals surface area contributed by atoms with Gasteiger partial charge in [0.1, 0.15) is 11.2 Å². The Kier molecular flexibility index (Phi) is 3.06. The number of furan rings is 2. The van der Waals surface area contributed by atoms with Crippen LogP contribution in [0.3, 0.4) is 0 Å². The predicted molar refractivity (Wildman–Crippen MR) is 81.8 cm³/mol. The molecule has 0 spiro atoms. The van der Waals surface area contributed by atoms with Gasteiger partial charge in [-0.3, -0.25) is 4.90 Å². The summed E-state index contributed by atoms with van der Waals surface area (Å²) in [6.07, 6.45) is 3.49. The predicted octanol–water partition coefficient (Wildman–Crippen LogP) is 3.35. The second-order valence-electron chi connectivity index (χ2n) is 5.15. The molecule has 1 saturated heterocycles. The van der Waals surface area contributed by atoms with Crippen LogP contribution in [0.25, 0.3) is 21.9 Å². The zero-order valence-electron chi connectivity index (χ0n) is 11.0. The zero-order chi connectivity index (χ0) is 13.5. The van der Waals surface area contributed by atoms with Gasteiger partial charge in [-0.1, -0.05) is 0 Å². The molecule has 104 valence electrons. The lowest BCUT2D eigenvalue weighted by molar-refractivity contribution is 0.234. The van der Waals surface area contributed by atoms with Gasteiger partial charge >= 0.3 is 0 Å². The average molecular weight is 335 g/mol. The molecule has 20 heavy (non-hydrogen) atoms. The fraction of sp³-hybridized carbons (Fsp3) is 0.333. The number of rotatable bonds is 2. The second-order valence-corrected chi connectivity index (χ2v) is 5.94. The van der Waals surface area contributed by atoms with Gasteiger partial charge in [0.2, 0.25) is 0 Å². The highest BCUT2D eigenvalue weighted by Crippen LogP contribution is 2.38. The Hall–Kier alpha value is -1.30. The topological polar surface area (TPSA) is 41.6 Å². The Morgan fingerprint density at radius 2 is 1.75 bits per heavy atom. The minimum absolute atomic E-state index is 0.898. The average Bonchev–Trinajstić information content (AvgIpc) is 3.14. The van der Waals surface area contributed by atoms with E-state index in [1.54, 1.807) is 12.5 Å². The summed E-state index contributed by atoms with van der Waals surface area (Å²) in [7, 11) is 0. The second kappa shape index (κ2) is 4.91. The highest BCUT2D eigenvalue weighted by Gasteiger charge is 2.20. The molecule has 3 aromatic rings. The molecule has 0 unspecified atom stereocenters. The van der Waals surface area contributed by atoms with Gasteiger partial charge in [0, 0.05) is 49.1 Å². The van der Waals surface area contributed by atoms with Crippen LogP contribution in [0, 0.1) is 0 Å². The van der Waals surface area contributed by atoms with Crippen LogP contribution >= 0.6 is 15.9 Å². The molecule has 1 aliphatic heterocycles. The number of benzene rings is 1. The van der Waals surface area contributed by atoms with Gasteiger partial charge in [-0.25, -0.2) is 0 Å². The standard InChI is InChI=1S/C15H15BrN2O2/c16-13-11-2-8-19-14(11)12(10-1-7-20-15(10)13)9-18-5-3-17-4-6-18/h1-2,7-8,17H,3-6,9H2. The summed E-state index contributed by atoms with van der Waals surface area (Å²) in [6.45, 7) is 5.13. The van der Waals surface area contributed by atoms with E-state index in [0.29, 0.717) is 0 Å². The summed E-state index contributed by atoms with van der Waals surface area (Å²) in [5.41, 5.74) is 3.09. The van der Waals surface area contributed by atoms with E-state index in [1.165, 1.54) is 5.56 Å². The van der Waals surface area contributed by atoms with Crippen molar-refractivity contribution in [2.24, 2.45) is 0 Å². The van der Waals surface area contributed by atoms with Crippen LogP contribution in [0.15, 0.2) is 38.0 Å². The Balaban J connectivity index is 1.88. The van der Waals surface area contributed by atoms with E-state index in [1.807, 2.05) is 12.1 Å². The molecule has 0 amide bonds. The van der Waals surface area contributed by atoms with Crippen molar-refractivity contribution in [1.82, 2.24) is 10.2 Å². The van der Waals surface area contributed by atoms with Crippen molar-refractivity contribution in [2.75, 3.05) is 26.2 Å². The Labute approximate surface area is 124 Å². The summed E-state index contributed by atoms with van der Waals surface area (Å²) in [5.74, 6) is 0. The van der Waals surface area contributed by atoms with E-state index in [4.69, 9.17) is 8.83 Å². The van der Waals surface area contributed by atoms with Crippen molar-refractivity contribution in [3.05, 3.63) is 34.7 Å². The number of halogens is 1. The zero-order valence-corrected chi connectivity index (χ0v) is 12.6. The fourth-order valence-corrected chi connectivity index (χ4v) is 3.55. The van der Waals surface area contributed by atoms with E-state index in [0.717, 1.165) is 59.1 Å². The molecule has 5 heteroatoms. The van der Waals surface area contributed by atoms with Gasteiger partial charge in [0.15, 0.2) is 0 Å². The summed E-state index contributed by atoms with van der Waals surface area (Å²) >= 11 is 3.62. The maximum Gasteiger partial charge on any atom is 0.149 e. The minimum atomic E-state index is 0.898. The molecule has 0 saturated carbocycles. The van der Waals surface area contributed by atoms with Gasteiger partial charge in [0.25, 0.3) is 0 Å². The highest BCUT2D eigenvalue weighted by atomic mass is 79.9. The number of hydrogen-bond acceptors (Lipinski definition) is 4.